The number of halogens is 1. The largest absolute Gasteiger partial charge is 0.348 e. The van der Waals surface area contributed by atoms with E-state index in [1.807, 2.05) is 13.0 Å². The first-order valence-corrected chi connectivity index (χ1v) is 5.32. The second-order valence-corrected chi connectivity index (χ2v) is 4.01. The number of benzene rings is 1. The molecule has 2 aromatic rings. The maximum Gasteiger partial charge on any atom is 0.170 e. The second kappa shape index (κ2) is 4.49. The Labute approximate surface area is 98.5 Å². The lowest BCUT2D eigenvalue weighted by atomic mass is 10.1. The standard InChI is InChI=1S/C12H11ClN2O/c1-8-2-3-9(6-10(8)13)11(16)7-12-14-4-5-15-12/h2-6H,7H2,1H3,(H,14,15). The molecule has 0 aliphatic heterocycles. The number of carbonyl (C=O) groups excluding carboxylic acids is 1. The van der Waals surface area contributed by atoms with Gasteiger partial charge in [0, 0.05) is 23.0 Å². The molecule has 0 unspecified atom stereocenters. The minimum Gasteiger partial charge on any atom is -0.348 e. The Morgan fingerprint density at radius 2 is 2.31 bits per heavy atom. The van der Waals surface area contributed by atoms with Crippen LogP contribution in [-0.4, -0.2) is 15.8 Å². The Bertz CT molecular complexity index is 506. The molecule has 0 fully saturated rings. The lowest BCUT2D eigenvalue weighted by Gasteiger charge is -2.02. The van der Waals surface area contributed by atoms with Crippen molar-refractivity contribution in [3.8, 4) is 0 Å². The first-order chi connectivity index (χ1) is 7.66. The van der Waals surface area contributed by atoms with E-state index < -0.39 is 0 Å². The predicted molar refractivity (Wildman–Crippen MR) is 62.8 cm³/mol. The maximum atomic E-state index is 11.9. The molecule has 1 aromatic heterocycles. The zero-order chi connectivity index (χ0) is 11.5. The highest BCUT2D eigenvalue weighted by molar-refractivity contribution is 6.31. The van der Waals surface area contributed by atoms with Gasteiger partial charge in [0.15, 0.2) is 5.78 Å². The lowest BCUT2D eigenvalue weighted by molar-refractivity contribution is 0.0991. The van der Waals surface area contributed by atoms with Gasteiger partial charge in [0.05, 0.1) is 6.42 Å². The number of hydrogen-bond acceptors (Lipinski definition) is 2. The Morgan fingerprint density at radius 1 is 1.50 bits per heavy atom. The molecule has 16 heavy (non-hydrogen) atoms. The average Bonchev–Trinajstić information content (AvgIpc) is 2.74. The van der Waals surface area contributed by atoms with Crippen LogP contribution in [0.25, 0.3) is 0 Å². The van der Waals surface area contributed by atoms with Crippen LogP contribution in [0, 0.1) is 6.92 Å². The zero-order valence-electron chi connectivity index (χ0n) is 8.83. The molecule has 1 heterocycles. The molecule has 0 bridgehead atoms. The molecule has 0 saturated carbocycles. The van der Waals surface area contributed by atoms with Crippen LogP contribution in [0.1, 0.15) is 21.7 Å². The minimum absolute atomic E-state index is 0.0110. The van der Waals surface area contributed by atoms with Crippen molar-refractivity contribution in [1.82, 2.24) is 9.97 Å². The van der Waals surface area contributed by atoms with Crippen molar-refractivity contribution in [1.29, 1.82) is 0 Å². The van der Waals surface area contributed by atoms with Gasteiger partial charge in [-0.05, 0) is 18.6 Å². The van der Waals surface area contributed by atoms with Gasteiger partial charge in [0.1, 0.15) is 5.82 Å². The lowest BCUT2D eigenvalue weighted by Crippen LogP contribution is -2.05. The highest BCUT2D eigenvalue weighted by Gasteiger charge is 2.09. The van der Waals surface area contributed by atoms with E-state index in [1.165, 1.54) is 0 Å². The monoisotopic (exact) mass is 234 g/mol. The van der Waals surface area contributed by atoms with E-state index in [-0.39, 0.29) is 12.2 Å². The third-order valence-corrected chi connectivity index (χ3v) is 2.78. The molecule has 1 N–H and O–H groups in total. The van der Waals surface area contributed by atoms with Gasteiger partial charge in [-0.25, -0.2) is 4.98 Å². The molecule has 0 saturated heterocycles. The molecule has 82 valence electrons. The van der Waals surface area contributed by atoms with Crippen molar-refractivity contribution in [2.75, 3.05) is 0 Å². The minimum atomic E-state index is 0.0110. The number of aromatic nitrogens is 2. The quantitative estimate of drug-likeness (QED) is 0.830. The van der Waals surface area contributed by atoms with E-state index in [2.05, 4.69) is 9.97 Å². The van der Waals surface area contributed by atoms with Crippen molar-refractivity contribution in [2.45, 2.75) is 13.3 Å². The fourth-order valence-corrected chi connectivity index (χ4v) is 1.60. The number of hydrogen-bond donors (Lipinski definition) is 1. The predicted octanol–water partition coefficient (Wildman–Crippen LogP) is 2.80. The van der Waals surface area contributed by atoms with Crippen LogP contribution in [0.5, 0.6) is 0 Å². The summed E-state index contributed by atoms with van der Waals surface area (Å²) in [5.41, 5.74) is 1.59. The number of Topliss-reactive ketones (excluding diaryl/α,β-unsaturated/α-hetero) is 1. The van der Waals surface area contributed by atoms with Crippen LogP contribution in [0.4, 0.5) is 0 Å². The number of aromatic amines is 1. The summed E-state index contributed by atoms with van der Waals surface area (Å²) in [6, 6.07) is 5.33. The summed E-state index contributed by atoms with van der Waals surface area (Å²) in [4.78, 5) is 18.8. The van der Waals surface area contributed by atoms with Gasteiger partial charge >= 0.3 is 0 Å². The van der Waals surface area contributed by atoms with Crippen LogP contribution in [0.2, 0.25) is 5.02 Å². The maximum absolute atomic E-state index is 11.9. The van der Waals surface area contributed by atoms with Crippen LogP contribution in [-0.2, 0) is 6.42 Å². The molecule has 2 rings (SSSR count). The van der Waals surface area contributed by atoms with E-state index in [0.29, 0.717) is 16.4 Å². The van der Waals surface area contributed by atoms with Crippen LogP contribution < -0.4 is 0 Å². The first-order valence-electron chi connectivity index (χ1n) is 4.94. The van der Waals surface area contributed by atoms with Gasteiger partial charge in [0.2, 0.25) is 0 Å². The molecular formula is C12H11ClN2O. The molecule has 4 heteroatoms. The van der Waals surface area contributed by atoms with E-state index in [4.69, 9.17) is 11.6 Å². The number of carbonyl (C=O) groups is 1. The van der Waals surface area contributed by atoms with Crippen LogP contribution >= 0.6 is 11.6 Å². The summed E-state index contributed by atoms with van der Waals surface area (Å²) in [5, 5.41) is 0.616. The molecule has 1 aromatic carbocycles. The van der Waals surface area contributed by atoms with Crippen molar-refractivity contribution in [3.63, 3.8) is 0 Å². The van der Waals surface area contributed by atoms with E-state index in [1.54, 1.807) is 24.5 Å². The summed E-state index contributed by atoms with van der Waals surface area (Å²) in [6.07, 6.45) is 3.60. The highest BCUT2D eigenvalue weighted by Crippen LogP contribution is 2.17. The number of nitrogens with zero attached hydrogens (tertiary/aromatic N) is 1. The SMILES string of the molecule is Cc1ccc(C(=O)Cc2ncc[nH]2)cc1Cl. The van der Waals surface area contributed by atoms with Gasteiger partial charge in [-0.1, -0.05) is 23.7 Å². The third-order valence-electron chi connectivity index (χ3n) is 2.38. The number of imidazole rings is 1. The van der Waals surface area contributed by atoms with E-state index in [0.717, 1.165) is 5.56 Å². The molecule has 0 radical (unpaired) electrons. The third kappa shape index (κ3) is 2.31. The number of aryl methyl sites for hydroxylation is 1. The Hall–Kier alpha value is -1.61. The fourth-order valence-electron chi connectivity index (χ4n) is 1.42. The van der Waals surface area contributed by atoms with Crippen molar-refractivity contribution in [3.05, 3.63) is 52.6 Å². The van der Waals surface area contributed by atoms with Gasteiger partial charge in [0.25, 0.3) is 0 Å². The molecule has 0 amide bonds. The molecule has 0 aliphatic rings. The van der Waals surface area contributed by atoms with Gasteiger partial charge in [-0.3, -0.25) is 4.79 Å². The molecule has 0 atom stereocenters. The van der Waals surface area contributed by atoms with Crippen LogP contribution in [0.15, 0.2) is 30.6 Å². The second-order valence-electron chi connectivity index (χ2n) is 3.60. The number of nitrogens with one attached hydrogen (secondary N) is 1. The van der Waals surface area contributed by atoms with Gasteiger partial charge in [-0.15, -0.1) is 0 Å². The van der Waals surface area contributed by atoms with Crippen LogP contribution in [0.3, 0.4) is 0 Å². The van der Waals surface area contributed by atoms with E-state index >= 15 is 0 Å². The first kappa shape index (κ1) is 10.9. The molecule has 3 nitrogen and oxygen atoms in total. The molecule has 0 spiro atoms. The molecule has 0 aliphatic carbocycles. The summed E-state index contributed by atoms with van der Waals surface area (Å²) in [5.74, 6) is 0.679. The summed E-state index contributed by atoms with van der Waals surface area (Å²) in [7, 11) is 0. The fraction of sp³-hybridized carbons (Fsp3) is 0.167. The number of H-pyrrole nitrogens is 1. The Balaban J connectivity index is 2.18. The average molecular weight is 235 g/mol. The van der Waals surface area contributed by atoms with Crippen molar-refractivity contribution >= 4 is 17.4 Å². The topological polar surface area (TPSA) is 45.8 Å². The summed E-state index contributed by atoms with van der Waals surface area (Å²) >= 11 is 5.96. The zero-order valence-corrected chi connectivity index (χ0v) is 9.58. The highest BCUT2D eigenvalue weighted by atomic mass is 35.5. The number of ketones is 1. The normalized spacial score (nSPS) is 10.4. The summed E-state index contributed by atoms with van der Waals surface area (Å²) < 4.78 is 0. The van der Waals surface area contributed by atoms with Gasteiger partial charge < -0.3 is 4.98 Å². The molecular weight excluding hydrogens is 224 g/mol. The van der Waals surface area contributed by atoms with Crippen molar-refractivity contribution in [2.24, 2.45) is 0 Å². The van der Waals surface area contributed by atoms with Gasteiger partial charge in [-0.2, -0.15) is 0 Å². The Kier molecular flexibility index (Phi) is 3.06. The number of rotatable bonds is 3. The van der Waals surface area contributed by atoms with Crippen molar-refractivity contribution < 1.29 is 4.79 Å². The summed E-state index contributed by atoms with van der Waals surface area (Å²) in [6.45, 7) is 1.91. The smallest absolute Gasteiger partial charge is 0.170 e. The van der Waals surface area contributed by atoms with E-state index in [9.17, 15) is 4.79 Å². The Morgan fingerprint density at radius 3 is 2.94 bits per heavy atom.